The van der Waals surface area contributed by atoms with Gasteiger partial charge in [-0.15, -0.1) is 0 Å². The van der Waals surface area contributed by atoms with Gasteiger partial charge in [-0.1, -0.05) is 19.8 Å². The summed E-state index contributed by atoms with van der Waals surface area (Å²) in [6, 6.07) is 5.20. The maximum atomic E-state index is 12.3. The summed E-state index contributed by atoms with van der Waals surface area (Å²) in [5.74, 6) is -1.24. The van der Waals surface area contributed by atoms with Gasteiger partial charge < -0.3 is 10.4 Å². The molecule has 0 spiro atoms. The molecule has 1 amide bonds. The molecule has 0 aliphatic heterocycles. The van der Waals surface area contributed by atoms with E-state index in [9.17, 15) is 9.59 Å². The van der Waals surface area contributed by atoms with Crippen molar-refractivity contribution in [3.05, 3.63) is 35.7 Å². The number of carboxylic acids is 1. The fourth-order valence-electron chi connectivity index (χ4n) is 2.36. The molecular weight excluding hydrogens is 282 g/mol. The van der Waals surface area contributed by atoms with Crippen molar-refractivity contribution in [1.29, 1.82) is 0 Å². The number of carbonyl (C=O) groups is 2. The first-order valence-corrected chi connectivity index (χ1v) is 7.48. The van der Waals surface area contributed by atoms with Crippen LogP contribution in [-0.2, 0) is 4.79 Å². The van der Waals surface area contributed by atoms with E-state index in [2.05, 4.69) is 10.4 Å². The predicted molar refractivity (Wildman–Crippen MR) is 83.0 cm³/mol. The molecule has 0 aliphatic carbocycles. The molecule has 0 saturated heterocycles. The summed E-state index contributed by atoms with van der Waals surface area (Å²) in [7, 11) is 0. The molecule has 118 valence electrons. The molecule has 2 N–H and O–H groups in total. The number of hydrogen-bond donors (Lipinski definition) is 2. The zero-order valence-corrected chi connectivity index (χ0v) is 12.9. The molecule has 22 heavy (non-hydrogen) atoms. The van der Waals surface area contributed by atoms with Gasteiger partial charge in [-0.05, 0) is 37.1 Å². The number of carbonyl (C=O) groups excluding carboxylic acids is 1. The van der Waals surface area contributed by atoms with Crippen LogP contribution >= 0.6 is 0 Å². The number of carboxylic acid groups (broad SMARTS) is 1. The SMILES string of the molecule is CCCC[C@H](CC(=O)O)NC(=O)c1cc2cc(C)ccn2n1. The van der Waals surface area contributed by atoms with Crippen LogP contribution in [0.5, 0.6) is 0 Å². The van der Waals surface area contributed by atoms with E-state index in [1.165, 1.54) is 0 Å². The molecule has 6 nitrogen and oxygen atoms in total. The summed E-state index contributed by atoms with van der Waals surface area (Å²) in [6.45, 7) is 4.00. The zero-order valence-electron chi connectivity index (χ0n) is 12.9. The lowest BCUT2D eigenvalue weighted by atomic mass is 10.1. The van der Waals surface area contributed by atoms with Crippen molar-refractivity contribution in [3.8, 4) is 0 Å². The number of rotatable bonds is 7. The van der Waals surface area contributed by atoms with Crippen molar-refractivity contribution >= 4 is 17.4 Å². The van der Waals surface area contributed by atoms with Crippen LogP contribution in [0.15, 0.2) is 24.4 Å². The van der Waals surface area contributed by atoms with E-state index in [4.69, 9.17) is 5.11 Å². The highest BCUT2D eigenvalue weighted by molar-refractivity contribution is 5.94. The summed E-state index contributed by atoms with van der Waals surface area (Å²) in [6.07, 6.45) is 4.22. The molecule has 0 radical (unpaired) electrons. The first-order chi connectivity index (χ1) is 10.5. The van der Waals surface area contributed by atoms with Crippen molar-refractivity contribution in [1.82, 2.24) is 14.9 Å². The minimum absolute atomic E-state index is 0.0712. The van der Waals surface area contributed by atoms with Crippen LogP contribution in [0, 0.1) is 6.92 Å². The quantitative estimate of drug-likeness (QED) is 0.822. The van der Waals surface area contributed by atoms with E-state index >= 15 is 0 Å². The number of aromatic nitrogens is 2. The Balaban J connectivity index is 2.11. The second-order valence-electron chi connectivity index (χ2n) is 5.51. The van der Waals surface area contributed by atoms with Crippen molar-refractivity contribution in [2.45, 2.75) is 45.6 Å². The number of fused-ring (bicyclic) bond motifs is 1. The summed E-state index contributed by atoms with van der Waals surface area (Å²) in [4.78, 5) is 23.2. The molecule has 0 unspecified atom stereocenters. The standard InChI is InChI=1S/C16H21N3O3/c1-3-4-5-12(9-15(20)21)17-16(22)14-10-13-8-11(2)6-7-19(13)18-14/h6-8,10,12H,3-5,9H2,1-2H3,(H,17,22)(H,20,21)/t12-/m1/s1. The van der Waals surface area contributed by atoms with Crippen LogP contribution in [0.25, 0.3) is 5.52 Å². The smallest absolute Gasteiger partial charge is 0.305 e. The van der Waals surface area contributed by atoms with E-state index < -0.39 is 5.97 Å². The average Bonchev–Trinajstić information content (AvgIpc) is 2.87. The Hall–Kier alpha value is -2.37. The minimum Gasteiger partial charge on any atom is -0.481 e. The fraction of sp³-hybridized carbons (Fsp3) is 0.438. The van der Waals surface area contributed by atoms with Gasteiger partial charge in [0.1, 0.15) is 0 Å². The molecule has 2 heterocycles. The predicted octanol–water partition coefficient (Wildman–Crippen LogP) is 2.41. The van der Waals surface area contributed by atoms with Gasteiger partial charge in [0.25, 0.3) is 5.91 Å². The zero-order chi connectivity index (χ0) is 16.1. The largest absolute Gasteiger partial charge is 0.481 e. The third kappa shape index (κ3) is 4.07. The maximum Gasteiger partial charge on any atom is 0.305 e. The lowest BCUT2D eigenvalue weighted by Crippen LogP contribution is -2.36. The number of aryl methyl sites for hydroxylation is 1. The molecule has 2 aromatic rings. The van der Waals surface area contributed by atoms with Crippen molar-refractivity contribution in [2.75, 3.05) is 0 Å². The van der Waals surface area contributed by atoms with Crippen molar-refractivity contribution in [3.63, 3.8) is 0 Å². The van der Waals surface area contributed by atoms with Crippen molar-refractivity contribution < 1.29 is 14.7 Å². The monoisotopic (exact) mass is 303 g/mol. The first-order valence-electron chi connectivity index (χ1n) is 7.48. The second-order valence-corrected chi connectivity index (χ2v) is 5.51. The Labute approximate surface area is 129 Å². The number of amides is 1. The molecule has 2 aromatic heterocycles. The summed E-state index contributed by atoms with van der Waals surface area (Å²) < 4.78 is 1.64. The Morgan fingerprint density at radius 3 is 2.86 bits per heavy atom. The van der Waals surface area contributed by atoms with Gasteiger partial charge in [-0.2, -0.15) is 5.10 Å². The summed E-state index contributed by atoms with van der Waals surface area (Å²) in [5.41, 5.74) is 2.23. The van der Waals surface area contributed by atoms with Gasteiger partial charge in [0.15, 0.2) is 5.69 Å². The van der Waals surface area contributed by atoms with Crippen LogP contribution in [0.3, 0.4) is 0 Å². The molecule has 6 heteroatoms. The van der Waals surface area contributed by atoms with E-state index in [1.54, 1.807) is 16.8 Å². The highest BCUT2D eigenvalue weighted by Gasteiger charge is 2.18. The van der Waals surface area contributed by atoms with Crippen LogP contribution in [0.4, 0.5) is 0 Å². The second kappa shape index (κ2) is 7.06. The van der Waals surface area contributed by atoms with Crippen LogP contribution in [-0.4, -0.2) is 32.6 Å². The van der Waals surface area contributed by atoms with Crippen molar-refractivity contribution in [2.24, 2.45) is 0 Å². The molecule has 0 aliphatic rings. The maximum absolute atomic E-state index is 12.3. The van der Waals surface area contributed by atoms with E-state index in [1.807, 2.05) is 26.0 Å². The lowest BCUT2D eigenvalue weighted by molar-refractivity contribution is -0.137. The molecule has 1 atom stereocenters. The molecule has 0 saturated carbocycles. The molecule has 0 bridgehead atoms. The molecule has 0 fully saturated rings. The normalized spacial score (nSPS) is 12.3. The molecule has 0 aromatic carbocycles. The van der Waals surface area contributed by atoms with E-state index in [0.717, 1.165) is 23.9 Å². The number of aliphatic carboxylic acids is 1. The highest BCUT2D eigenvalue weighted by atomic mass is 16.4. The Morgan fingerprint density at radius 2 is 2.18 bits per heavy atom. The number of nitrogens with zero attached hydrogens (tertiary/aromatic N) is 2. The van der Waals surface area contributed by atoms with Crippen LogP contribution in [0.2, 0.25) is 0 Å². The Morgan fingerprint density at radius 1 is 1.41 bits per heavy atom. The summed E-state index contributed by atoms with van der Waals surface area (Å²) in [5, 5.41) is 15.9. The van der Waals surface area contributed by atoms with Crippen LogP contribution in [0.1, 0.15) is 48.7 Å². The fourth-order valence-corrected chi connectivity index (χ4v) is 2.36. The van der Waals surface area contributed by atoms with Gasteiger partial charge in [0, 0.05) is 12.2 Å². The van der Waals surface area contributed by atoms with Gasteiger partial charge in [0.05, 0.1) is 11.9 Å². The molecular formula is C16H21N3O3. The minimum atomic E-state index is -0.910. The lowest BCUT2D eigenvalue weighted by Gasteiger charge is -2.15. The number of hydrogen-bond acceptors (Lipinski definition) is 3. The van der Waals surface area contributed by atoms with E-state index in [0.29, 0.717) is 12.1 Å². The van der Waals surface area contributed by atoms with E-state index in [-0.39, 0.29) is 18.4 Å². The highest BCUT2D eigenvalue weighted by Crippen LogP contribution is 2.10. The third-order valence-electron chi connectivity index (χ3n) is 3.51. The molecule has 2 rings (SSSR count). The number of nitrogens with one attached hydrogen (secondary N) is 1. The topological polar surface area (TPSA) is 83.7 Å². The van der Waals surface area contributed by atoms with Gasteiger partial charge in [-0.25, -0.2) is 4.52 Å². The van der Waals surface area contributed by atoms with Gasteiger partial charge in [0.2, 0.25) is 0 Å². The Kier molecular flexibility index (Phi) is 5.14. The average molecular weight is 303 g/mol. The summed E-state index contributed by atoms with van der Waals surface area (Å²) >= 11 is 0. The first kappa shape index (κ1) is 16.0. The number of pyridine rings is 1. The van der Waals surface area contributed by atoms with Crippen LogP contribution < -0.4 is 5.32 Å². The third-order valence-corrected chi connectivity index (χ3v) is 3.51. The Bertz CT molecular complexity index is 678. The van der Waals surface area contributed by atoms with Gasteiger partial charge in [-0.3, -0.25) is 9.59 Å². The van der Waals surface area contributed by atoms with Gasteiger partial charge >= 0.3 is 5.97 Å². The number of unbranched alkanes of at least 4 members (excludes halogenated alkanes) is 1.